The summed E-state index contributed by atoms with van der Waals surface area (Å²) in [5.74, 6) is 2.09. The van der Waals surface area contributed by atoms with E-state index in [4.69, 9.17) is 4.74 Å². The number of nitrogens with zero attached hydrogens (tertiary/aromatic N) is 2. The first-order valence-electron chi connectivity index (χ1n) is 10.2. The van der Waals surface area contributed by atoms with Gasteiger partial charge in [-0.1, -0.05) is 29.8 Å². The SMILES string of the molecule is COc1ccccc1/C=N/NC(=O)[C@@H]1CC2(CN1S(=O)(=O)c1ccc(C)cc1)SCCS2. The molecule has 0 unspecified atom stereocenters. The second-order valence-corrected chi connectivity index (χ2v) is 12.8. The maximum Gasteiger partial charge on any atom is 0.258 e. The van der Waals surface area contributed by atoms with Gasteiger partial charge in [-0.3, -0.25) is 4.79 Å². The lowest BCUT2D eigenvalue weighted by Crippen LogP contribution is -2.44. The Morgan fingerprint density at radius 2 is 1.88 bits per heavy atom. The van der Waals surface area contributed by atoms with Crippen molar-refractivity contribution >= 4 is 45.7 Å². The zero-order chi connectivity index (χ0) is 22.8. The molecule has 2 aliphatic heterocycles. The summed E-state index contributed by atoms with van der Waals surface area (Å²) in [6, 6.07) is 13.2. The molecule has 2 fully saturated rings. The molecule has 7 nitrogen and oxygen atoms in total. The first kappa shape index (κ1) is 23.2. The lowest BCUT2D eigenvalue weighted by Gasteiger charge is -2.23. The largest absolute Gasteiger partial charge is 0.496 e. The fourth-order valence-electron chi connectivity index (χ4n) is 3.85. The van der Waals surface area contributed by atoms with Gasteiger partial charge in [-0.15, -0.1) is 23.5 Å². The number of sulfonamides is 1. The molecular weight excluding hydrogens is 466 g/mol. The van der Waals surface area contributed by atoms with Crippen LogP contribution < -0.4 is 10.2 Å². The number of nitrogens with one attached hydrogen (secondary N) is 1. The lowest BCUT2D eigenvalue weighted by atomic mass is 10.2. The summed E-state index contributed by atoms with van der Waals surface area (Å²) in [5.41, 5.74) is 4.23. The Hall–Kier alpha value is -2.01. The van der Waals surface area contributed by atoms with Crippen LogP contribution in [-0.2, 0) is 14.8 Å². The summed E-state index contributed by atoms with van der Waals surface area (Å²) in [6.45, 7) is 2.20. The van der Waals surface area contributed by atoms with Gasteiger partial charge in [0.2, 0.25) is 10.0 Å². The normalized spacial score (nSPS) is 20.8. The topological polar surface area (TPSA) is 88.1 Å². The van der Waals surface area contributed by atoms with Crippen molar-refractivity contribution in [3.05, 3.63) is 59.7 Å². The number of methoxy groups -OCH3 is 1. The minimum atomic E-state index is -3.83. The molecule has 0 bridgehead atoms. The second-order valence-electron chi connectivity index (χ2n) is 7.67. The molecule has 2 saturated heterocycles. The molecular formula is C22H25N3O4S3. The number of amides is 1. The number of thioether (sulfide) groups is 2. The third-order valence-electron chi connectivity index (χ3n) is 5.51. The Labute approximate surface area is 197 Å². The Balaban J connectivity index is 1.57. The third kappa shape index (κ3) is 4.68. The third-order valence-corrected chi connectivity index (χ3v) is 10.8. The molecule has 170 valence electrons. The van der Waals surface area contributed by atoms with Crippen LogP contribution in [0, 0.1) is 6.92 Å². The van der Waals surface area contributed by atoms with Crippen molar-refractivity contribution in [3.63, 3.8) is 0 Å². The summed E-state index contributed by atoms with van der Waals surface area (Å²) < 4.78 is 33.2. The number of carbonyl (C=O) groups is 1. The number of benzene rings is 2. The van der Waals surface area contributed by atoms with Crippen molar-refractivity contribution < 1.29 is 17.9 Å². The van der Waals surface area contributed by atoms with Crippen LogP contribution in [0.1, 0.15) is 17.5 Å². The monoisotopic (exact) mass is 491 g/mol. The van der Waals surface area contributed by atoms with Crippen LogP contribution in [0.25, 0.3) is 0 Å². The van der Waals surface area contributed by atoms with E-state index in [0.29, 0.717) is 24.3 Å². The highest BCUT2D eigenvalue weighted by molar-refractivity contribution is 8.21. The number of ether oxygens (including phenoxy) is 1. The van der Waals surface area contributed by atoms with Gasteiger partial charge in [0.25, 0.3) is 5.91 Å². The Morgan fingerprint density at radius 1 is 1.19 bits per heavy atom. The minimum Gasteiger partial charge on any atom is -0.496 e. The standard InChI is InChI=1S/C22H25N3O4S3/c1-16-7-9-18(10-8-16)32(27,28)25-15-22(30-11-12-31-22)13-19(25)21(26)24-23-14-17-5-3-4-6-20(17)29-2/h3-10,14,19H,11-13,15H2,1-2H3,(H,24,26)/b23-14+/t19-/m0/s1. The Bertz CT molecular complexity index is 1110. The predicted molar refractivity (Wildman–Crippen MR) is 130 cm³/mol. The number of aryl methyl sites for hydroxylation is 1. The number of para-hydroxylation sites is 1. The first-order valence-corrected chi connectivity index (χ1v) is 13.6. The van der Waals surface area contributed by atoms with E-state index in [1.807, 2.05) is 25.1 Å². The molecule has 2 heterocycles. The molecule has 2 aromatic carbocycles. The van der Waals surface area contributed by atoms with Crippen molar-refractivity contribution in [2.24, 2.45) is 5.10 Å². The molecule has 0 aliphatic carbocycles. The maximum atomic E-state index is 13.5. The van der Waals surface area contributed by atoms with E-state index in [1.54, 1.807) is 61.0 Å². The van der Waals surface area contributed by atoms with Crippen molar-refractivity contribution in [2.45, 2.75) is 28.4 Å². The van der Waals surface area contributed by atoms with Gasteiger partial charge in [0.05, 0.1) is 22.3 Å². The fourth-order valence-corrected chi connectivity index (χ4v) is 8.92. The van der Waals surface area contributed by atoms with E-state index in [2.05, 4.69) is 10.5 Å². The van der Waals surface area contributed by atoms with Crippen molar-refractivity contribution in [1.82, 2.24) is 9.73 Å². The highest BCUT2D eigenvalue weighted by Gasteiger charge is 2.53. The molecule has 0 saturated carbocycles. The molecule has 1 N–H and O–H groups in total. The highest BCUT2D eigenvalue weighted by Crippen LogP contribution is 2.52. The van der Waals surface area contributed by atoms with Gasteiger partial charge in [0.1, 0.15) is 11.8 Å². The van der Waals surface area contributed by atoms with Crippen molar-refractivity contribution in [2.75, 3.05) is 25.2 Å². The van der Waals surface area contributed by atoms with Crippen LogP contribution in [-0.4, -0.2) is 60.1 Å². The molecule has 2 aliphatic rings. The number of hydrazone groups is 1. The summed E-state index contributed by atoms with van der Waals surface area (Å²) >= 11 is 3.48. The molecule has 0 radical (unpaired) electrons. The average Bonchev–Trinajstić information content (AvgIpc) is 3.42. The van der Waals surface area contributed by atoms with E-state index in [1.165, 1.54) is 10.5 Å². The molecule has 1 spiro atoms. The molecule has 4 rings (SSSR count). The van der Waals surface area contributed by atoms with E-state index in [-0.39, 0.29) is 8.97 Å². The van der Waals surface area contributed by atoms with Crippen molar-refractivity contribution in [3.8, 4) is 5.75 Å². The van der Waals surface area contributed by atoms with Gasteiger partial charge >= 0.3 is 0 Å². The van der Waals surface area contributed by atoms with Crippen molar-refractivity contribution in [1.29, 1.82) is 0 Å². The first-order chi connectivity index (χ1) is 15.3. The van der Waals surface area contributed by atoms with Crippen LogP contribution in [0.5, 0.6) is 5.75 Å². The van der Waals surface area contributed by atoms with Crippen LogP contribution in [0.3, 0.4) is 0 Å². The summed E-state index contributed by atoms with van der Waals surface area (Å²) in [7, 11) is -2.26. The van der Waals surface area contributed by atoms with E-state index < -0.39 is 22.0 Å². The summed E-state index contributed by atoms with van der Waals surface area (Å²) in [4.78, 5) is 13.3. The van der Waals surface area contributed by atoms with E-state index >= 15 is 0 Å². The maximum absolute atomic E-state index is 13.5. The van der Waals surface area contributed by atoms with Crippen LogP contribution >= 0.6 is 23.5 Å². The van der Waals surface area contributed by atoms with Crippen LogP contribution in [0.2, 0.25) is 0 Å². The lowest BCUT2D eigenvalue weighted by molar-refractivity contribution is -0.124. The second kappa shape index (κ2) is 9.46. The Morgan fingerprint density at radius 3 is 2.56 bits per heavy atom. The predicted octanol–water partition coefficient (Wildman–Crippen LogP) is 3.09. The van der Waals surface area contributed by atoms with Gasteiger partial charge in [-0.05, 0) is 37.6 Å². The van der Waals surface area contributed by atoms with Gasteiger partial charge in [0.15, 0.2) is 0 Å². The Kier molecular flexibility index (Phi) is 6.85. The summed E-state index contributed by atoms with van der Waals surface area (Å²) in [6.07, 6.45) is 1.95. The van der Waals surface area contributed by atoms with Crippen LogP contribution in [0.4, 0.5) is 0 Å². The van der Waals surface area contributed by atoms with Crippen LogP contribution in [0.15, 0.2) is 58.5 Å². The smallest absolute Gasteiger partial charge is 0.258 e. The average molecular weight is 492 g/mol. The van der Waals surface area contributed by atoms with Gasteiger partial charge in [-0.25, -0.2) is 13.8 Å². The fraction of sp³-hybridized carbons (Fsp3) is 0.364. The zero-order valence-corrected chi connectivity index (χ0v) is 20.3. The number of carbonyl (C=O) groups excluding carboxylic acids is 1. The molecule has 32 heavy (non-hydrogen) atoms. The highest BCUT2D eigenvalue weighted by atomic mass is 32.2. The molecule has 1 atom stereocenters. The van der Waals surface area contributed by atoms with Gasteiger partial charge in [-0.2, -0.15) is 9.41 Å². The van der Waals surface area contributed by atoms with E-state index in [0.717, 1.165) is 17.1 Å². The molecule has 1 amide bonds. The minimum absolute atomic E-state index is 0.198. The van der Waals surface area contributed by atoms with E-state index in [9.17, 15) is 13.2 Å². The molecule has 10 heteroatoms. The number of hydrogen-bond donors (Lipinski definition) is 1. The molecule has 0 aromatic heterocycles. The molecule has 2 aromatic rings. The van der Waals surface area contributed by atoms with Gasteiger partial charge < -0.3 is 4.74 Å². The number of hydrogen-bond acceptors (Lipinski definition) is 7. The van der Waals surface area contributed by atoms with Gasteiger partial charge in [0, 0.05) is 23.6 Å². The number of rotatable bonds is 6. The zero-order valence-electron chi connectivity index (χ0n) is 17.9. The summed E-state index contributed by atoms with van der Waals surface area (Å²) in [5, 5.41) is 4.07. The quantitative estimate of drug-likeness (QED) is 0.494.